The highest BCUT2D eigenvalue weighted by Crippen LogP contribution is 2.27. The molecule has 5 heteroatoms. The quantitative estimate of drug-likeness (QED) is 0.450. The molecule has 0 atom stereocenters. The average Bonchev–Trinajstić information content (AvgIpc) is 2.71. The molecule has 0 saturated carbocycles. The zero-order valence-electron chi connectivity index (χ0n) is 15.7. The molecule has 1 N–H and O–H groups in total. The molecular formula is C24H18BrNO3. The van der Waals surface area contributed by atoms with E-state index in [0.29, 0.717) is 11.9 Å². The van der Waals surface area contributed by atoms with Crippen LogP contribution in [0, 0.1) is 6.92 Å². The molecule has 144 valence electrons. The topological polar surface area (TPSA) is 59.3 Å². The molecule has 0 aliphatic carbocycles. The van der Waals surface area contributed by atoms with E-state index in [4.69, 9.17) is 0 Å². The smallest absolute Gasteiger partial charge is 0.335 e. The predicted octanol–water partition coefficient (Wildman–Crippen LogP) is 5.49. The first kappa shape index (κ1) is 19.2. The van der Waals surface area contributed by atoms with Crippen LogP contribution >= 0.6 is 15.9 Å². The highest BCUT2D eigenvalue weighted by molar-refractivity contribution is 9.10. The summed E-state index contributed by atoms with van der Waals surface area (Å²) in [7, 11) is 0. The fourth-order valence-corrected chi connectivity index (χ4v) is 3.70. The minimum Gasteiger partial charge on any atom is -0.478 e. The molecule has 0 aliphatic rings. The maximum absolute atomic E-state index is 12.9. The highest BCUT2D eigenvalue weighted by atomic mass is 79.9. The number of carboxylic acid groups (broad SMARTS) is 1. The lowest BCUT2D eigenvalue weighted by Crippen LogP contribution is -2.20. The van der Waals surface area contributed by atoms with Gasteiger partial charge in [0.15, 0.2) is 0 Å². The van der Waals surface area contributed by atoms with Gasteiger partial charge in [-0.1, -0.05) is 40.2 Å². The molecule has 0 aliphatic heterocycles. The average molecular weight is 448 g/mol. The second-order valence-corrected chi connectivity index (χ2v) is 7.93. The van der Waals surface area contributed by atoms with Crippen LogP contribution in [0.5, 0.6) is 0 Å². The fraction of sp³-hybridized carbons (Fsp3) is 0.0833. The standard InChI is InChI=1S/C24H18BrNO3/c1-15-2-5-19(24(28)29)13-22(15)17-6-9-21-18(12-17)10-11-26(23(21)27)14-16-3-7-20(25)8-4-16/h2-13H,14H2,1H3,(H,28,29). The van der Waals surface area contributed by atoms with Crippen molar-refractivity contribution in [3.8, 4) is 11.1 Å². The zero-order chi connectivity index (χ0) is 20.5. The largest absolute Gasteiger partial charge is 0.478 e. The van der Waals surface area contributed by atoms with Gasteiger partial charge in [0, 0.05) is 16.1 Å². The number of aromatic nitrogens is 1. The maximum atomic E-state index is 12.9. The minimum absolute atomic E-state index is 0.0482. The number of rotatable bonds is 4. The van der Waals surface area contributed by atoms with Crippen molar-refractivity contribution in [1.82, 2.24) is 4.57 Å². The second kappa shape index (κ2) is 7.68. The molecule has 0 amide bonds. The van der Waals surface area contributed by atoms with Crippen LogP contribution in [-0.4, -0.2) is 15.6 Å². The summed E-state index contributed by atoms with van der Waals surface area (Å²) >= 11 is 3.42. The van der Waals surface area contributed by atoms with Crippen molar-refractivity contribution in [1.29, 1.82) is 0 Å². The number of carboxylic acids is 1. The lowest BCUT2D eigenvalue weighted by atomic mass is 9.96. The maximum Gasteiger partial charge on any atom is 0.335 e. The van der Waals surface area contributed by atoms with Crippen LogP contribution in [0.2, 0.25) is 0 Å². The highest BCUT2D eigenvalue weighted by Gasteiger charge is 2.10. The molecule has 1 aromatic heterocycles. The van der Waals surface area contributed by atoms with Crippen molar-refractivity contribution >= 4 is 32.7 Å². The molecule has 0 saturated heterocycles. The summed E-state index contributed by atoms with van der Waals surface area (Å²) in [5.41, 5.74) is 3.97. The van der Waals surface area contributed by atoms with Gasteiger partial charge in [-0.05, 0) is 77.0 Å². The Morgan fingerprint density at radius 3 is 2.48 bits per heavy atom. The molecular weight excluding hydrogens is 430 g/mol. The van der Waals surface area contributed by atoms with Crippen molar-refractivity contribution in [3.05, 3.63) is 104 Å². The van der Waals surface area contributed by atoms with E-state index in [1.54, 1.807) is 29.0 Å². The van der Waals surface area contributed by atoms with E-state index < -0.39 is 5.97 Å². The van der Waals surface area contributed by atoms with Gasteiger partial charge in [-0.3, -0.25) is 4.79 Å². The van der Waals surface area contributed by atoms with Crippen molar-refractivity contribution in [2.45, 2.75) is 13.5 Å². The number of aromatic carboxylic acids is 1. The third-order valence-corrected chi connectivity index (χ3v) is 5.57. The van der Waals surface area contributed by atoms with Gasteiger partial charge in [-0.25, -0.2) is 4.79 Å². The molecule has 0 radical (unpaired) electrons. The van der Waals surface area contributed by atoms with Gasteiger partial charge in [0.2, 0.25) is 0 Å². The summed E-state index contributed by atoms with van der Waals surface area (Å²) in [4.78, 5) is 24.2. The van der Waals surface area contributed by atoms with Crippen LogP contribution in [0.4, 0.5) is 0 Å². The van der Waals surface area contributed by atoms with E-state index in [-0.39, 0.29) is 11.1 Å². The number of halogens is 1. The van der Waals surface area contributed by atoms with Crippen molar-refractivity contribution in [3.63, 3.8) is 0 Å². The van der Waals surface area contributed by atoms with Crippen molar-refractivity contribution in [2.75, 3.05) is 0 Å². The van der Waals surface area contributed by atoms with E-state index in [1.807, 2.05) is 55.5 Å². The van der Waals surface area contributed by atoms with Crippen molar-refractivity contribution < 1.29 is 9.90 Å². The fourth-order valence-electron chi connectivity index (χ4n) is 3.43. The third kappa shape index (κ3) is 3.87. The van der Waals surface area contributed by atoms with E-state index >= 15 is 0 Å². The predicted molar refractivity (Wildman–Crippen MR) is 119 cm³/mol. The lowest BCUT2D eigenvalue weighted by Gasteiger charge is -2.11. The Balaban J connectivity index is 1.75. The van der Waals surface area contributed by atoms with Crippen LogP contribution in [0.3, 0.4) is 0 Å². The van der Waals surface area contributed by atoms with Crippen LogP contribution in [0.25, 0.3) is 21.9 Å². The minimum atomic E-state index is -0.956. The first-order chi connectivity index (χ1) is 13.9. The summed E-state index contributed by atoms with van der Waals surface area (Å²) < 4.78 is 2.70. The molecule has 0 fully saturated rings. The molecule has 0 spiro atoms. The summed E-state index contributed by atoms with van der Waals surface area (Å²) in [6.45, 7) is 2.45. The zero-order valence-corrected chi connectivity index (χ0v) is 17.3. The number of hydrogen-bond acceptors (Lipinski definition) is 2. The first-order valence-corrected chi connectivity index (χ1v) is 9.93. The second-order valence-electron chi connectivity index (χ2n) is 7.01. The number of carbonyl (C=O) groups is 1. The van der Waals surface area contributed by atoms with Gasteiger partial charge in [0.25, 0.3) is 5.56 Å². The Hall–Kier alpha value is -3.18. The van der Waals surface area contributed by atoms with Gasteiger partial charge < -0.3 is 9.67 Å². The molecule has 4 rings (SSSR count). The van der Waals surface area contributed by atoms with Gasteiger partial charge in [0.05, 0.1) is 12.1 Å². The van der Waals surface area contributed by atoms with E-state index in [9.17, 15) is 14.7 Å². The Kier molecular flexibility index (Phi) is 5.07. The van der Waals surface area contributed by atoms with Crippen LogP contribution in [0.15, 0.2) is 82.2 Å². The van der Waals surface area contributed by atoms with E-state index in [1.165, 1.54) is 0 Å². The number of nitrogens with zero attached hydrogens (tertiary/aromatic N) is 1. The normalized spacial score (nSPS) is 11.0. The van der Waals surface area contributed by atoms with Crippen LogP contribution in [-0.2, 0) is 6.54 Å². The Morgan fingerprint density at radius 2 is 1.76 bits per heavy atom. The van der Waals surface area contributed by atoms with Crippen LogP contribution in [0.1, 0.15) is 21.5 Å². The van der Waals surface area contributed by atoms with Crippen molar-refractivity contribution in [2.24, 2.45) is 0 Å². The molecule has 3 aromatic carbocycles. The summed E-state index contributed by atoms with van der Waals surface area (Å²) in [5, 5.41) is 10.7. The number of aryl methyl sites for hydroxylation is 1. The van der Waals surface area contributed by atoms with E-state index in [2.05, 4.69) is 15.9 Å². The number of hydrogen-bond donors (Lipinski definition) is 1. The molecule has 29 heavy (non-hydrogen) atoms. The SMILES string of the molecule is Cc1ccc(C(=O)O)cc1-c1ccc2c(=O)n(Cc3ccc(Br)cc3)ccc2c1. The van der Waals surface area contributed by atoms with Gasteiger partial charge in [-0.15, -0.1) is 0 Å². The summed E-state index contributed by atoms with van der Waals surface area (Å²) in [6.07, 6.45) is 1.80. The molecule has 4 aromatic rings. The Labute approximate surface area is 176 Å². The molecule has 4 nitrogen and oxygen atoms in total. The van der Waals surface area contributed by atoms with Gasteiger partial charge >= 0.3 is 5.97 Å². The van der Waals surface area contributed by atoms with Gasteiger partial charge in [0.1, 0.15) is 0 Å². The van der Waals surface area contributed by atoms with Gasteiger partial charge in [-0.2, -0.15) is 0 Å². The summed E-state index contributed by atoms with van der Waals surface area (Å²) in [6, 6.07) is 20.5. The number of pyridine rings is 1. The van der Waals surface area contributed by atoms with E-state index in [0.717, 1.165) is 32.1 Å². The van der Waals surface area contributed by atoms with Crippen LogP contribution < -0.4 is 5.56 Å². The molecule has 0 bridgehead atoms. The first-order valence-electron chi connectivity index (χ1n) is 9.14. The lowest BCUT2D eigenvalue weighted by molar-refractivity contribution is 0.0697. The summed E-state index contributed by atoms with van der Waals surface area (Å²) in [5.74, 6) is -0.956. The Bertz CT molecular complexity index is 1290. The monoisotopic (exact) mass is 447 g/mol. The Morgan fingerprint density at radius 1 is 1.00 bits per heavy atom. The molecule has 0 unspecified atom stereocenters. The third-order valence-electron chi connectivity index (χ3n) is 5.04. The number of fused-ring (bicyclic) bond motifs is 1. The molecule has 1 heterocycles. The number of benzene rings is 3.